The van der Waals surface area contributed by atoms with E-state index in [1.165, 1.54) is 19.2 Å². The number of rotatable bonds is 1. The summed E-state index contributed by atoms with van der Waals surface area (Å²) in [6.45, 7) is 9.05. The standard InChI is InChI=1S/C13H21BrN4/c1-13(2,3)9-4-6-18(7-5-9)12-10(14)11(15)16-8-17-12/h8-9H,4-7H2,1-3H3,(H2,15,16,17). The monoisotopic (exact) mass is 312 g/mol. The van der Waals surface area contributed by atoms with Crippen molar-refractivity contribution in [2.24, 2.45) is 11.3 Å². The number of nitrogens with zero attached hydrogens (tertiary/aromatic N) is 3. The number of nitrogen functional groups attached to an aromatic ring is 1. The van der Waals surface area contributed by atoms with E-state index in [2.05, 4.69) is 51.6 Å². The zero-order valence-electron chi connectivity index (χ0n) is 11.3. The molecule has 4 nitrogen and oxygen atoms in total. The van der Waals surface area contributed by atoms with Gasteiger partial charge in [-0.25, -0.2) is 9.97 Å². The molecule has 18 heavy (non-hydrogen) atoms. The molecule has 0 unspecified atom stereocenters. The molecule has 0 aliphatic carbocycles. The van der Waals surface area contributed by atoms with Gasteiger partial charge in [0.2, 0.25) is 0 Å². The molecule has 0 bridgehead atoms. The highest BCUT2D eigenvalue weighted by atomic mass is 79.9. The van der Waals surface area contributed by atoms with Crippen molar-refractivity contribution in [2.45, 2.75) is 33.6 Å². The molecule has 0 radical (unpaired) electrons. The Morgan fingerprint density at radius 3 is 2.44 bits per heavy atom. The Labute approximate surface area is 117 Å². The van der Waals surface area contributed by atoms with Gasteiger partial charge in [-0.05, 0) is 40.1 Å². The van der Waals surface area contributed by atoms with Crippen LogP contribution in [0.3, 0.4) is 0 Å². The van der Waals surface area contributed by atoms with Crippen molar-refractivity contribution in [3.63, 3.8) is 0 Å². The van der Waals surface area contributed by atoms with Crippen LogP contribution in [0.2, 0.25) is 0 Å². The first-order chi connectivity index (χ1) is 8.39. The van der Waals surface area contributed by atoms with Gasteiger partial charge in [0.05, 0.1) is 0 Å². The molecule has 1 aliphatic heterocycles. The van der Waals surface area contributed by atoms with Crippen molar-refractivity contribution in [2.75, 3.05) is 23.7 Å². The molecule has 1 aliphatic rings. The molecule has 0 saturated carbocycles. The zero-order chi connectivity index (χ0) is 13.3. The van der Waals surface area contributed by atoms with Crippen molar-refractivity contribution in [1.29, 1.82) is 0 Å². The Hall–Kier alpha value is -0.840. The molecule has 0 amide bonds. The van der Waals surface area contributed by atoms with Crippen molar-refractivity contribution < 1.29 is 0 Å². The number of piperidine rings is 1. The van der Waals surface area contributed by atoms with Crippen LogP contribution < -0.4 is 10.6 Å². The minimum Gasteiger partial charge on any atom is -0.383 e. The summed E-state index contributed by atoms with van der Waals surface area (Å²) in [5.74, 6) is 2.22. The predicted octanol–water partition coefficient (Wildman–Crippen LogP) is 3.08. The van der Waals surface area contributed by atoms with E-state index in [-0.39, 0.29) is 0 Å². The van der Waals surface area contributed by atoms with Crippen LogP contribution in [0, 0.1) is 11.3 Å². The molecular formula is C13H21BrN4. The third kappa shape index (κ3) is 2.76. The van der Waals surface area contributed by atoms with E-state index < -0.39 is 0 Å². The van der Waals surface area contributed by atoms with E-state index in [1.807, 2.05) is 0 Å². The molecule has 1 saturated heterocycles. The smallest absolute Gasteiger partial charge is 0.148 e. The fourth-order valence-electron chi connectivity index (χ4n) is 2.55. The van der Waals surface area contributed by atoms with Gasteiger partial charge in [-0.3, -0.25) is 0 Å². The largest absolute Gasteiger partial charge is 0.383 e. The van der Waals surface area contributed by atoms with Crippen LogP contribution in [-0.2, 0) is 0 Å². The quantitative estimate of drug-likeness (QED) is 0.865. The second-order valence-corrected chi connectivity index (χ2v) is 6.82. The summed E-state index contributed by atoms with van der Waals surface area (Å²) in [6, 6.07) is 0. The van der Waals surface area contributed by atoms with E-state index in [0.717, 1.165) is 29.3 Å². The maximum absolute atomic E-state index is 5.80. The molecule has 2 rings (SSSR count). The van der Waals surface area contributed by atoms with Crippen molar-refractivity contribution in [1.82, 2.24) is 9.97 Å². The van der Waals surface area contributed by atoms with E-state index in [4.69, 9.17) is 5.73 Å². The van der Waals surface area contributed by atoms with Gasteiger partial charge >= 0.3 is 0 Å². The highest BCUT2D eigenvalue weighted by Crippen LogP contribution is 2.37. The minimum absolute atomic E-state index is 0.397. The summed E-state index contributed by atoms with van der Waals surface area (Å²) in [5.41, 5.74) is 6.20. The first-order valence-electron chi connectivity index (χ1n) is 6.40. The lowest BCUT2D eigenvalue weighted by molar-refractivity contribution is 0.198. The van der Waals surface area contributed by atoms with Gasteiger partial charge in [0.15, 0.2) is 0 Å². The lowest BCUT2D eigenvalue weighted by atomic mass is 9.75. The lowest BCUT2D eigenvalue weighted by Crippen LogP contribution is -2.38. The molecule has 1 aromatic heterocycles. The molecule has 0 aromatic carbocycles. The van der Waals surface area contributed by atoms with Gasteiger partial charge in [-0.15, -0.1) is 0 Å². The fourth-order valence-corrected chi connectivity index (χ4v) is 3.01. The molecule has 1 fully saturated rings. The van der Waals surface area contributed by atoms with Crippen LogP contribution in [0.15, 0.2) is 10.8 Å². The number of nitrogens with two attached hydrogens (primary N) is 1. The van der Waals surface area contributed by atoms with Crippen LogP contribution in [-0.4, -0.2) is 23.1 Å². The lowest BCUT2D eigenvalue weighted by Gasteiger charge is -2.39. The zero-order valence-corrected chi connectivity index (χ0v) is 12.9. The average Bonchev–Trinajstić information content (AvgIpc) is 2.32. The Morgan fingerprint density at radius 2 is 1.89 bits per heavy atom. The van der Waals surface area contributed by atoms with Crippen LogP contribution >= 0.6 is 15.9 Å². The SMILES string of the molecule is CC(C)(C)C1CCN(c2ncnc(N)c2Br)CC1. The average molecular weight is 313 g/mol. The van der Waals surface area contributed by atoms with Gasteiger partial charge in [0.25, 0.3) is 0 Å². The molecule has 0 spiro atoms. The maximum Gasteiger partial charge on any atom is 0.148 e. The summed E-state index contributed by atoms with van der Waals surface area (Å²) in [4.78, 5) is 10.6. The number of anilines is 2. The topological polar surface area (TPSA) is 55.0 Å². The Kier molecular flexibility index (Phi) is 3.80. The van der Waals surface area contributed by atoms with E-state index in [1.54, 1.807) is 0 Å². The molecule has 2 heterocycles. The Bertz CT molecular complexity index is 419. The van der Waals surface area contributed by atoms with Gasteiger partial charge < -0.3 is 10.6 Å². The number of halogens is 1. The summed E-state index contributed by atoms with van der Waals surface area (Å²) < 4.78 is 0.819. The Morgan fingerprint density at radius 1 is 1.28 bits per heavy atom. The number of hydrogen-bond acceptors (Lipinski definition) is 4. The normalized spacial score (nSPS) is 18.1. The fraction of sp³-hybridized carbons (Fsp3) is 0.692. The predicted molar refractivity (Wildman–Crippen MR) is 78.5 cm³/mol. The molecule has 1 aromatic rings. The van der Waals surface area contributed by atoms with Crippen LogP contribution in [0.5, 0.6) is 0 Å². The second-order valence-electron chi connectivity index (χ2n) is 6.02. The van der Waals surface area contributed by atoms with Gasteiger partial charge in [0, 0.05) is 13.1 Å². The third-order valence-electron chi connectivity index (χ3n) is 3.82. The van der Waals surface area contributed by atoms with E-state index in [9.17, 15) is 0 Å². The first kappa shape index (κ1) is 13.6. The minimum atomic E-state index is 0.397. The molecular weight excluding hydrogens is 292 g/mol. The van der Waals surface area contributed by atoms with Gasteiger partial charge in [-0.1, -0.05) is 20.8 Å². The number of aromatic nitrogens is 2. The molecule has 5 heteroatoms. The second kappa shape index (κ2) is 5.03. The molecule has 0 atom stereocenters. The Balaban J connectivity index is 2.08. The van der Waals surface area contributed by atoms with Gasteiger partial charge in [-0.2, -0.15) is 0 Å². The van der Waals surface area contributed by atoms with Crippen molar-refractivity contribution >= 4 is 27.6 Å². The summed E-state index contributed by atoms with van der Waals surface area (Å²) >= 11 is 3.48. The summed E-state index contributed by atoms with van der Waals surface area (Å²) in [7, 11) is 0. The van der Waals surface area contributed by atoms with Crippen LogP contribution in [0.25, 0.3) is 0 Å². The molecule has 2 N–H and O–H groups in total. The van der Waals surface area contributed by atoms with Crippen LogP contribution in [0.1, 0.15) is 33.6 Å². The molecule has 100 valence electrons. The summed E-state index contributed by atoms with van der Waals surface area (Å²) in [5, 5.41) is 0. The van der Waals surface area contributed by atoms with E-state index >= 15 is 0 Å². The van der Waals surface area contributed by atoms with E-state index in [0.29, 0.717) is 11.2 Å². The van der Waals surface area contributed by atoms with Gasteiger partial charge in [0.1, 0.15) is 22.4 Å². The van der Waals surface area contributed by atoms with Crippen molar-refractivity contribution in [3.8, 4) is 0 Å². The van der Waals surface area contributed by atoms with Crippen molar-refractivity contribution in [3.05, 3.63) is 10.8 Å². The van der Waals surface area contributed by atoms with Crippen LogP contribution in [0.4, 0.5) is 11.6 Å². The highest BCUT2D eigenvalue weighted by Gasteiger charge is 2.29. The first-order valence-corrected chi connectivity index (χ1v) is 7.20. The number of hydrogen-bond donors (Lipinski definition) is 1. The highest BCUT2D eigenvalue weighted by molar-refractivity contribution is 9.10. The maximum atomic E-state index is 5.80. The third-order valence-corrected chi connectivity index (χ3v) is 4.58. The summed E-state index contributed by atoms with van der Waals surface area (Å²) in [6.07, 6.45) is 3.95.